The Kier molecular flexibility index (Phi) is 5.23. The van der Waals surface area contributed by atoms with E-state index in [0.717, 1.165) is 11.0 Å². The molecule has 0 spiro atoms. The van der Waals surface area contributed by atoms with E-state index in [-0.39, 0.29) is 6.61 Å². The maximum absolute atomic E-state index is 11.8. The maximum atomic E-state index is 11.8. The zero-order valence-corrected chi connectivity index (χ0v) is 15.1. The third kappa shape index (κ3) is 3.70. The molecule has 6 nitrogen and oxygen atoms in total. The Morgan fingerprint density at radius 2 is 1.96 bits per heavy atom. The lowest BCUT2D eigenvalue weighted by molar-refractivity contribution is 0.0585. The van der Waals surface area contributed by atoms with Crippen LogP contribution in [-0.4, -0.2) is 40.4 Å². The molecule has 0 amide bonds. The number of fused-ring (bicyclic) bond motifs is 1. The fourth-order valence-corrected chi connectivity index (χ4v) is 2.80. The van der Waals surface area contributed by atoms with Crippen molar-refractivity contribution in [3.63, 3.8) is 0 Å². The standard InChI is InChI=1S/C20H22N2O4/c1-13-8-17-18(9-14(13)2)22(12-21-17)10-15(23)11-26-19-7-5-4-6-16(19)20(24)25-3/h4-9,12,15,23H,10-11H2,1-3H3/t15-/m0/s1. The largest absolute Gasteiger partial charge is 0.490 e. The Hall–Kier alpha value is -2.86. The molecule has 0 aliphatic heterocycles. The molecule has 136 valence electrons. The molecule has 0 bridgehead atoms. The van der Waals surface area contributed by atoms with Gasteiger partial charge in [0.1, 0.15) is 24.0 Å². The van der Waals surface area contributed by atoms with Crippen molar-refractivity contribution in [3.05, 3.63) is 59.4 Å². The van der Waals surface area contributed by atoms with Gasteiger partial charge in [-0.1, -0.05) is 12.1 Å². The summed E-state index contributed by atoms with van der Waals surface area (Å²) in [6, 6.07) is 10.9. The second-order valence-corrected chi connectivity index (χ2v) is 6.27. The Morgan fingerprint density at radius 1 is 1.23 bits per heavy atom. The number of para-hydroxylation sites is 1. The lowest BCUT2D eigenvalue weighted by Gasteiger charge is -2.15. The predicted molar refractivity (Wildman–Crippen MR) is 98.5 cm³/mol. The molecule has 1 heterocycles. The van der Waals surface area contributed by atoms with Crippen LogP contribution in [0.1, 0.15) is 21.5 Å². The van der Waals surface area contributed by atoms with Crippen molar-refractivity contribution in [2.75, 3.05) is 13.7 Å². The van der Waals surface area contributed by atoms with Crippen LogP contribution in [0.4, 0.5) is 0 Å². The van der Waals surface area contributed by atoms with Gasteiger partial charge in [0.2, 0.25) is 0 Å². The summed E-state index contributed by atoms with van der Waals surface area (Å²) >= 11 is 0. The van der Waals surface area contributed by atoms with E-state index >= 15 is 0 Å². The lowest BCUT2D eigenvalue weighted by atomic mass is 10.1. The molecule has 0 fully saturated rings. The number of imidazole rings is 1. The van der Waals surface area contributed by atoms with Gasteiger partial charge in [0.05, 0.1) is 31.0 Å². The number of hydrogen-bond donors (Lipinski definition) is 1. The number of aromatic nitrogens is 2. The van der Waals surface area contributed by atoms with E-state index in [1.165, 1.54) is 18.2 Å². The smallest absolute Gasteiger partial charge is 0.341 e. The van der Waals surface area contributed by atoms with Gasteiger partial charge in [-0.05, 0) is 49.2 Å². The van der Waals surface area contributed by atoms with Gasteiger partial charge in [0.25, 0.3) is 0 Å². The zero-order valence-electron chi connectivity index (χ0n) is 15.1. The molecule has 0 radical (unpaired) electrons. The number of benzene rings is 2. The topological polar surface area (TPSA) is 73.6 Å². The van der Waals surface area contributed by atoms with Crippen molar-refractivity contribution in [2.45, 2.75) is 26.5 Å². The molecule has 1 atom stereocenters. The van der Waals surface area contributed by atoms with Crippen LogP contribution < -0.4 is 4.74 Å². The Bertz CT molecular complexity index is 933. The van der Waals surface area contributed by atoms with Gasteiger partial charge >= 0.3 is 5.97 Å². The number of rotatable bonds is 6. The molecular formula is C20H22N2O4. The molecule has 0 saturated carbocycles. The highest BCUT2D eigenvalue weighted by Gasteiger charge is 2.15. The van der Waals surface area contributed by atoms with Crippen LogP contribution in [-0.2, 0) is 11.3 Å². The van der Waals surface area contributed by atoms with Crippen molar-refractivity contribution in [1.29, 1.82) is 0 Å². The SMILES string of the molecule is COC(=O)c1ccccc1OC[C@@H](O)Cn1cnc2cc(C)c(C)cc21. The fraction of sp³-hybridized carbons (Fsp3) is 0.300. The van der Waals surface area contributed by atoms with Crippen molar-refractivity contribution in [1.82, 2.24) is 9.55 Å². The third-order valence-corrected chi connectivity index (χ3v) is 4.37. The van der Waals surface area contributed by atoms with Crippen LogP contribution in [0.5, 0.6) is 5.75 Å². The summed E-state index contributed by atoms with van der Waals surface area (Å²) < 4.78 is 12.3. The van der Waals surface area contributed by atoms with Crippen molar-refractivity contribution in [3.8, 4) is 5.75 Å². The number of carbonyl (C=O) groups is 1. The second kappa shape index (κ2) is 7.58. The first kappa shape index (κ1) is 17.9. The normalized spacial score (nSPS) is 12.2. The number of carbonyl (C=O) groups excluding carboxylic acids is 1. The minimum Gasteiger partial charge on any atom is -0.490 e. The molecular weight excluding hydrogens is 332 g/mol. The zero-order chi connectivity index (χ0) is 18.7. The van der Waals surface area contributed by atoms with Gasteiger partial charge < -0.3 is 19.1 Å². The quantitative estimate of drug-likeness (QED) is 0.689. The summed E-state index contributed by atoms with van der Waals surface area (Å²) in [5.74, 6) is -0.0816. The summed E-state index contributed by atoms with van der Waals surface area (Å²) in [6.07, 6.45) is 0.967. The van der Waals surface area contributed by atoms with Crippen LogP contribution >= 0.6 is 0 Å². The number of nitrogens with zero attached hydrogens (tertiary/aromatic N) is 2. The monoisotopic (exact) mass is 354 g/mol. The van der Waals surface area contributed by atoms with E-state index < -0.39 is 12.1 Å². The second-order valence-electron chi connectivity index (χ2n) is 6.27. The number of aliphatic hydroxyl groups excluding tert-OH is 1. The molecule has 2 aromatic carbocycles. The van der Waals surface area contributed by atoms with Gasteiger partial charge in [-0.3, -0.25) is 0 Å². The predicted octanol–water partition coefficient (Wildman–Crippen LogP) is 2.88. The third-order valence-electron chi connectivity index (χ3n) is 4.37. The van der Waals surface area contributed by atoms with Gasteiger partial charge in [-0.15, -0.1) is 0 Å². The summed E-state index contributed by atoms with van der Waals surface area (Å²) in [5, 5.41) is 10.4. The molecule has 1 N–H and O–H groups in total. The van der Waals surface area contributed by atoms with Crippen LogP contribution in [0.2, 0.25) is 0 Å². The van der Waals surface area contributed by atoms with Gasteiger partial charge in [-0.2, -0.15) is 0 Å². The molecule has 0 aliphatic carbocycles. The first-order valence-electron chi connectivity index (χ1n) is 8.40. The number of aryl methyl sites for hydroxylation is 2. The van der Waals surface area contributed by atoms with E-state index in [1.807, 2.05) is 10.6 Å². The Morgan fingerprint density at radius 3 is 2.73 bits per heavy atom. The number of methoxy groups -OCH3 is 1. The molecule has 3 aromatic rings. The van der Waals surface area contributed by atoms with E-state index in [0.29, 0.717) is 17.9 Å². The summed E-state index contributed by atoms with van der Waals surface area (Å²) in [7, 11) is 1.32. The van der Waals surface area contributed by atoms with Crippen molar-refractivity contribution >= 4 is 17.0 Å². The van der Waals surface area contributed by atoms with Gasteiger partial charge in [0, 0.05) is 0 Å². The highest BCUT2D eigenvalue weighted by atomic mass is 16.5. The number of hydrogen-bond acceptors (Lipinski definition) is 5. The molecule has 0 unspecified atom stereocenters. The van der Waals surface area contributed by atoms with Crippen LogP contribution in [0.25, 0.3) is 11.0 Å². The highest BCUT2D eigenvalue weighted by molar-refractivity contribution is 5.92. The molecule has 26 heavy (non-hydrogen) atoms. The average molecular weight is 354 g/mol. The number of esters is 1. The van der Waals surface area contributed by atoms with Gasteiger partial charge in [-0.25, -0.2) is 9.78 Å². The van der Waals surface area contributed by atoms with E-state index in [2.05, 4.69) is 24.9 Å². The van der Waals surface area contributed by atoms with E-state index in [9.17, 15) is 9.90 Å². The molecule has 3 rings (SSSR count). The first-order chi connectivity index (χ1) is 12.5. The minimum atomic E-state index is -0.750. The Balaban J connectivity index is 1.70. The average Bonchev–Trinajstić information content (AvgIpc) is 3.01. The van der Waals surface area contributed by atoms with Gasteiger partial charge in [0.15, 0.2) is 0 Å². The first-order valence-corrected chi connectivity index (χ1v) is 8.40. The molecule has 0 saturated heterocycles. The minimum absolute atomic E-state index is 0.0541. The van der Waals surface area contributed by atoms with Crippen LogP contribution in [0, 0.1) is 13.8 Å². The van der Waals surface area contributed by atoms with Crippen molar-refractivity contribution < 1.29 is 19.4 Å². The highest BCUT2D eigenvalue weighted by Crippen LogP contribution is 2.20. The molecule has 6 heteroatoms. The fourth-order valence-electron chi connectivity index (χ4n) is 2.80. The van der Waals surface area contributed by atoms with Crippen LogP contribution in [0.15, 0.2) is 42.7 Å². The van der Waals surface area contributed by atoms with Crippen LogP contribution in [0.3, 0.4) is 0 Å². The summed E-state index contributed by atoms with van der Waals surface area (Å²) in [4.78, 5) is 16.2. The van der Waals surface area contributed by atoms with Crippen molar-refractivity contribution in [2.24, 2.45) is 0 Å². The van der Waals surface area contributed by atoms with E-state index in [1.54, 1.807) is 30.6 Å². The number of ether oxygens (including phenoxy) is 2. The summed E-state index contributed by atoms with van der Waals surface area (Å²) in [5.41, 5.74) is 4.57. The summed E-state index contributed by atoms with van der Waals surface area (Å²) in [6.45, 7) is 4.50. The Labute approximate surface area is 152 Å². The number of aliphatic hydroxyl groups is 1. The lowest BCUT2D eigenvalue weighted by Crippen LogP contribution is -2.23. The molecule has 0 aliphatic rings. The van der Waals surface area contributed by atoms with E-state index in [4.69, 9.17) is 9.47 Å². The maximum Gasteiger partial charge on any atom is 0.341 e. The molecule has 1 aromatic heterocycles.